The lowest BCUT2D eigenvalue weighted by atomic mass is 10.2. The highest BCUT2D eigenvalue weighted by Gasteiger charge is 2.34. The molecule has 3 rings (SSSR count). The van der Waals surface area contributed by atoms with E-state index in [1.54, 1.807) is 0 Å². The van der Waals surface area contributed by atoms with Crippen molar-refractivity contribution in [3.63, 3.8) is 0 Å². The monoisotopic (exact) mass is 276 g/mol. The van der Waals surface area contributed by atoms with Crippen molar-refractivity contribution in [1.29, 1.82) is 0 Å². The summed E-state index contributed by atoms with van der Waals surface area (Å²) < 4.78 is 5.91. The molecule has 0 spiro atoms. The Morgan fingerprint density at radius 3 is 2.65 bits per heavy atom. The van der Waals surface area contributed by atoms with Crippen LogP contribution in [0.5, 0.6) is 0 Å². The Bertz CT molecular complexity index is 465. The number of ether oxygens (including phenoxy) is 1. The molecular weight excluding hydrogens is 252 g/mol. The molecule has 2 fully saturated rings. The third-order valence-electron chi connectivity index (χ3n) is 4.11. The topological polar surface area (TPSA) is 50.3 Å². The van der Waals surface area contributed by atoms with Gasteiger partial charge in [-0.15, -0.1) is 0 Å². The molecule has 0 aromatic carbocycles. The minimum Gasteiger partial charge on any atom is -0.371 e. The van der Waals surface area contributed by atoms with Crippen molar-refractivity contribution in [3.8, 4) is 0 Å². The standard InChI is InChI=1S/C15H24N4O/c1-10(2)15-17-7-14(13(18-15)6-16-3)19-8-11-4-5-12(9-19)20-11/h7,10-12,16H,4-6,8-9H2,1-3H3. The van der Waals surface area contributed by atoms with Crippen molar-refractivity contribution in [2.75, 3.05) is 25.0 Å². The molecule has 5 heteroatoms. The number of hydrogen-bond donors (Lipinski definition) is 1. The second-order valence-electron chi connectivity index (χ2n) is 6.11. The summed E-state index contributed by atoms with van der Waals surface area (Å²) in [7, 11) is 1.96. The first-order chi connectivity index (χ1) is 9.67. The Hall–Kier alpha value is -1.20. The van der Waals surface area contributed by atoms with Crippen LogP contribution in [0.4, 0.5) is 5.69 Å². The van der Waals surface area contributed by atoms with E-state index in [1.165, 1.54) is 18.5 Å². The molecule has 1 N–H and O–H groups in total. The van der Waals surface area contributed by atoms with E-state index in [0.29, 0.717) is 18.1 Å². The molecule has 2 aliphatic heterocycles. The van der Waals surface area contributed by atoms with Gasteiger partial charge in [0.15, 0.2) is 0 Å². The number of anilines is 1. The quantitative estimate of drug-likeness (QED) is 0.907. The molecular formula is C15H24N4O. The van der Waals surface area contributed by atoms with Crippen LogP contribution in [0.25, 0.3) is 0 Å². The van der Waals surface area contributed by atoms with Crippen molar-refractivity contribution in [1.82, 2.24) is 15.3 Å². The molecule has 1 aromatic rings. The fourth-order valence-corrected chi connectivity index (χ4v) is 3.08. The molecule has 1 aromatic heterocycles. The molecule has 2 bridgehead atoms. The van der Waals surface area contributed by atoms with E-state index < -0.39 is 0 Å². The van der Waals surface area contributed by atoms with Gasteiger partial charge < -0.3 is 15.0 Å². The SMILES string of the molecule is CNCc1nc(C(C)C)ncc1N1CC2CCC(C1)O2. The highest BCUT2D eigenvalue weighted by molar-refractivity contribution is 5.50. The summed E-state index contributed by atoms with van der Waals surface area (Å²) in [6.45, 7) is 6.99. The molecule has 20 heavy (non-hydrogen) atoms. The van der Waals surface area contributed by atoms with Gasteiger partial charge in [-0.25, -0.2) is 9.97 Å². The minimum atomic E-state index is 0.362. The fourth-order valence-electron chi connectivity index (χ4n) is 3.08. The van der Waals surface area contributed by atoms with Crippen LogP contribution < -0.4 is 10.2 Å². The molecule has 2 unspecified atom stereocenters. The van der Waals surface area contributed by atoms with Gasteiger partial charge in [0, 0.05) is 25.6 Å². The zero-order chi connectivity index (χ0) is 14.1. The van der Waals surface area contributed by atoms with E-state index in [-0.39, 0.29) is 0 Å². The van der Waals surface area contributed by atoms with Gasteiger partial charge in [-0.05, 0) is 19.9 Å². The predicted octanol–water partition coefficient (Wildman–Crippen LogP) is 1.69. The van der Waals surface area contributed by atoms with Crippen molar-refractivity contribution < 1.29 is 4.74 Å². The fraction of sp³-hybridized carbons (Fsp3) is 0.733. The predicted molar refractivity (Wildman–Crippen MR) is 79.0 cm³/mol. The Labute approximate surface area is 120 Å². The summed E-state index contributed by atoms with van der Waals surface area (Å²) >= 11 is 0. The van der Waals surface area contributed by atoms with Crippen LogP contribution in [0.15, 0.2) is 6.20 Å². The molecule has 2 aliphatic rings. The van der Waals surface area contributed by atoms with Crippen LogP contribution in [0.3, 0.4) is 0 Å². The van der Waals surface area contributed by atoms with Crippen LogP contribution in [0.1, 0.15) is 44.1 Å². The van der Waals surface area contributed by atoms with Crippen molar-refractivity contribution >= 4 is 5.69 Å². The van der Waals surface area contributed by atoms with Crippen LogP contribution in [-0.4, -0.2) is 42.3 Å². The Kier molecular flexibility index (Phi) is 3.89. The molecule has 0 saturated carbocycles. The molecule has 2 atom stereocenters. The largest absolute Gasteiger partial charge is 0.371 e. The average Bonchev–Trinajstić information content (AvgIpc) is 2.77. The van der Waals surface area contributed by atoms with Crippen molar-refractivity contribution in [2.24, 2.45) is 0 Å². The van der Waals surface area contributed by atoms with Crippen LogP contribution in [-0.2, 0) is 11.3 Å². The molecule has 2 saturated heterocycles. The normalized spacial score (nSPS) is 25.5. The summed E-state index contributed by atoms with van der Waals surface area (Å²) in [6.07, 6.45) is 5.16. The summed E-state index contributed by atoms with van der Waals surface area (Å²) in [4.78, 5) is 11.7. The van der Waals surface area contributed by atoms with Gasteiger partial charge in [0.05, 0.1) is 29.8 Å². The second kappa shape index (κ2) is 5.66. The van der Waals surface area contributed by atoms with E-state index in [1.807, 2.05) is 13.2 Å². The molecule has 5 nitrogen and oxygen atoms in total. The average molecular weight is 276 g/mol. The van der Waals surface area contributed by atoms with Gasteiger partial charge in [-0.2, -0.15) is 0 Å². The minimum absolute atomic E-state index is 0.362. The van der Waals surface area contributed by atoms with E-state index in [4.69, 9.17) is 9.72 Å². The smallest absolute Gasteiger partial charge is 0.131 e. The number of morpholine rings is 1. The summed E-state index contributed by atoms with van der Waals surface area (Å²) in [6, 6.07) is 0. The summed E-state index contributed by atoms with van der Waals surface area (Å²) in [5, 5.41) is 3.22. The van der Waals surface area contributed by atoms with Gasteiger partial charge in [-0.3, -0.25) is 0 Å². The van der Waals surface area contributed by atoms with Gasteiger partial charge in [0.2, 0.25) is 0 Å². The Morgan fingerprint density at radius 1 is 1.35 bits per heavy atom. The zero-order valence-corrected chi connectivity index (χ0v) is 12.6. The first kappa shape index (κ1) is 13.8. The Balaban J connectivity index is 1.87. The Morgan fingerprint density at radius 2 is 2.05 bits per heavy atom. The summed E-state index contributed by atoms with van der Waals surface area (Å²) in [5.41, 5.74) is 2.27. The van der Waals surface area contributed by atoms with E-state index >= 15 is 0 Å². The van der Waals surface area contributed by atoms with E-state index in [9.17, 15) is 0 Å². The van der Waals surface area contributed by atoms with Gasteiger partial charge in [-0.1, -0.05) is 13.8 Å². The van der Waals surface area contributed by atoms with Gasteiger partial charge in [0.1, 0.15) is 5.82 Å². The number of aromatic nitrogens is 2. The maximum Gasteiger partial charge on any atom is 0.131 e. The second-order valence-corrected chi connectivity index (χ2v) is 6.11. The third kappa shape index (κ3) is 2.65. The van der Waals surface area contributed by atoms with Crippen molar-refractivity contribution in [3.05, 3.63) is 17.7 Å². The lowest BCUT2D eigenvalue weighted by molar-refractivity contribution is 0.0304. The van der Waals surface area contributed by atoms with E-state index in [2.05, 4.69) is 29.0 Å². The molecule has 0 aliphatic carbocycles. The zero-order valence-electron chi connectivity index (χ0n) is 12.6. The lowest BCUT2D eigenvalue weighted by Crippen LogP contribution is -2.43. The number of fused-ring (bicyclic) bond motifs is 2. The molecule has 110 valence electrons. The van der Waals surface area contributed by atoms with E-state index in [0.717, 1.165) is 31.2 Å². The van der Waals surface area contributed by atoms with Gasteiger partial charge in [0.25, 0.3) is 0 Å². The third-order valence-corrected chi connectivity index (χ3v) is 4.11. The number of nitrogens with one attached hydrogen (secondary N) is 1. The lowest BCUT2D eigenvalue weighted by Gasteiger charge is -2.34. The first-order valence-electron chi connectivity index (χ1n) is 7.58. The number of nitrogens with zero attached hydrogens (tertiary/aromatic N) is 3. The highest BCUT2D eigenvalue weighted by atomic mass is 16.5. The maximum atomic E-state index is 5.91. The number of hydrogen-bond acceptors (Lipinski definition) is 5. The molecule has 0 radical (unpaired) electrons. The van der Waals surface area contributed by atoms with Gasteiger partial charge >= 0.3 is 0 Å². The van der Waals surface area contributed by atoms with Crippen LogP contribution in [0.2, 0.25) is 0 Å². The maximum absolute atomic E-state index is 5.91. The van der Waals surface area contributed by atoms with Crippen LogP contribution in [0, 0.1) is 0 Å². The van der Waals surface area contributed by atoms with Crippen molar-refractivity contribution in [2.45, 2.75) is 51.4 Å². The first-order valence-corrected chi connectivity index (χ1v) is 7.58. The summed E-state index contributed by atoms with van der Waals surface area (Å²) in [5.74, 6) is 1.29. The molecule has 0 amide bonds. The molecule has 3 heterocycles. The highest BCUT2D eigenvalue weighted by Crippen LogP contribution is 2.31. The number of rotatable bonds is 4. The van der Waals surface area contributed by atoms with Crippen LogP contribution >= 0.6 is 0 Å².